The molecule has 1 aliphatic rings. The minimum absolute atomic E-state index is 0.0189. The smallest absolute Gasteiger partial charge is 0.275 e. The van der Waals surface area contributed by atoms with Crippen molar-refractivity contribution in [1.82, 2.24) is 0 Å². The van der Waals surface area contributed by atoms with Gasteiger partial charge in [-0.2, -0.15) is 11.8 Å². The molecule has 0 radical (unpaired) electrons. The van der Waals surface area contributed by atoms with Gasteiger partial charge in [-0.25, -0.2) is 8.78 Å². The van der Waals surface area contributed by atoms with Gasteiger partial charge in [0.1, 0.15) is 5.69 Å². The fourth-order valence-corrected chi connectivity index (χ4v) is 2.81. The Hall–Kier alpha value is -1.37. The Balaban J connectivity index is 2.24. The van der Waals surface area contributed by atoms with Crippen LogP contribution in [0.5, 0.6) is 0 Å². The lowest BCUT2D eigenvalue weighted by atomic mass is 10.2. The normalized spacial score (nSPS) is 19.3. The number of nitrogens with zero attached hydrogens (tertiary/aromatic N) is 1. The highest BCUT2D eigenvalue weighted by Crippen LogP contribution is 2.28. The topological polar surface area (TPSA) is 55.2 Å². The summed E-state index contributed by atoms with van der Waals surface area (Å²) in [6, 6.07) is 1.48. The van der Waals surface area contributed by atoms with Crippen molar-refractivity contribution in [3.8, 4) is 0 Å². The van der Waals surface area contributed by atoms with Crippen LogP contribution in [0, 0.1) is 21.7 Å². The SMILES string of the molecule is O=[N+]([O-])c1cc(F)c(NC2CCSC2)c(F)c1. The molecule has 1 aromatic rings. The summed E-state index contributed by atoms with van der Waals surface area (Å²) in [7, 11) is 0. The summed E-state index contributed by atoms with van der Waals surface area (Å²) in [6.07, 6.45) is 0.834. The summed E-state index contributed by atoms with van der Waals surface area (Å²) in [5, 5.41) is 13.2. The van der Waals surface area contributed by atoms with E-state index in [1.165, 1.54) is 0 Å². The van der Waals surface area contributed by atoms with Gasteiger partial charge in [0.05, 0.1) is 17.1 Å². The lowest BCUT2D eigenvalue weighted by Crippen LogP contribution is -2.20. The predicted octanol–water partition coefficient (Wildman–Crippen LogP) is 2.79. The zero-order valence-electron chi connectivity index (χ0n) is 8.78. The van der Waals surface area contributed by atoms with Crippen molar-refractivity contribution in [2.45, 2.75) is 12.5 Å². The van der Waals surface area contributed by atoms with E-state index in [1.54, 1.807) is 11.8 Å². The summed E-state index contributed by atoms with van der Waals surface area (Å²) in [4.78, 5) is 9.59. The molecule has 1 N–H and O–H groups in total. The van der Waals surface area contributed by atoms with Gasteiger partial charge >= 0.3 is 0 Å². The minimum Gasteiger partial charge on any atom is -0.377 e. The van der Waals surface area contributed by atoms with Crippen molar-refractivity contribution in [3.05, 3.63) is 33.9 Å². The van der Waals surface area contributed by atoms with Crippen molar-refractivity contribution in [3.63, 3.8) is 0 Å². The van der Waals surface area contributed by atoms with Crippen molar-refractivity contribution in [1.29, 1.82) is 0 Å². The second-order valence-corrected chi connectivity index (χ2v) is 4.90. The molecule has 0 aliphatic carbocycles. The van der Waals surface area contributed by atoms with Gasteiger partial charge in [-0.05, 0) is 12.2 Å². The molecule has 7 heteroatoms. The van der Waals surface area contributed by atoms with Gasteiger partial charge in [0.25, 0.3) is 5.69 Å². The molecule has 0 bridgehead atoms. The predicted molar refractivity (Wildman–Crippen MR) is 62.4 cm³/mol. The lowest BCUT2D eigenvalue weighted by molar-refractivity contribution is -0.385. The lowest BCUT2D eigenvalue weighted by Gasteiger charge is -2.14. The number of hydrogen-bond acceptors (Lipinski definition) is 4. The number of nitro benzene ring substituents is 1. The average molecular weight is 260 g/mol. The number of nitrogens with one attached hydrogen (secondary N) is 1. The number of thioether (sulfide) groups is 1. The van der Waals surface area contributed by atoms with Crippen molar-refractivity contribution >= 4 is 23.1 Å². The standard InChI is InChI=1S/C10H10F2N2O2S/c11-8-3-7(14(15)16)4-9(12)10(8)13-6-1-2-17-5-6/h3-4,6,13H,1-2,5H2. The Morgan fingerprint density at radius 1 is 1.41 bits per heavy atom. The highest BCUT2D eigenvalue weighted by Gasteiger charge is 2.21. The molecule has 1 heterocycles. The van der Waals surface area contributed by atoms with Crippen LogP contribution in [0.4, 0.5) is 20.2 Å². The van der Waals surface area contributed by atoms with Gasteiger partial charge in [-0.15, -0.1) is 0 Å². The van der Waals surface area contributed by atoms with Gasteiger partial charge in [-0.3, -0.25) is 10.1 Å². The minimum atomic E-state index is -0.923. The van der Waals surface area contributed by atoms with E-state index in [4.69, 9.17) is 0 Å². The molecule has 0 amide bonds. The number of benzene rings is 1. The highest BCUT2D eigenvalue weighted by molar-refractivity contribution is 7.99. The molecule has 1 aromatic carbocycles. The number of hydrogen-bond donors (Lipinski definition) is 1. The zero-order chi connectivity index (χ0) is 12.4. The third-order valence-corrected chi connectivity index (χ3v) is 3.68. The van der Waals surface area contributed by atoms with Gasteiger partial charge in [0.2, 0.25) is 0 Å². The number of non-ortho nitro benzene ring substituents is 1. The largest absolute Gasteiger partial charge is 0.377 e. The van der Waals surface area contributed by atoms with Gasteiger partial charge < -0.3 is 5.32 Å². The van der Waals surface area contributed by atoms with Crippen LogP contribution >= 0.6 is 11.8 Å². The molecule has 4 nitrogen and oxygen atoms in total. The molecule has 1 fully saturated rings. The summed E-state index contributed by atoms with van der Waals surface area (Å²) in [5.74, 6) is -0.105. The maximum absolute atomic E-state index is 13.5. The fraction of sp³-hybridized carbons (Fsp3) is 0.400. The maximum atomic E-state index is 13.5. The summed E-state index contributed by atoms with van der Waals surface area (Å²) in [5.41, 5.74) is -0.852. The number of halogens is 2. The summed E-state index contributed by atoms with van der Waals surface area (Å²) >= 11 is 1.71. The van der Waals surface area contributed by atoms with Crippen LogP contribution in [0.3, 0.4) is 0 Å². The monoisotopic (exact) mass is 260 g/mol. The third kappa shape index (κ3) is 2.66. The second kappa shape index (κ2) is 4.87. The van der Waals surface area contributed by atoms with Gasteiger partial charge in [0.15, 0.2) is 11.6 Å². The van der Waals surface area contributed by atoms with Gasteiger partial charge in [-0.1, -0.05) is 0 Å². The Bertz CT molecular complexity index is 427. The molecular weight excluding hydrogens is 250 g/mol. The quantitative estimate of drug-likeness (QED) is 0.670. The van der Waals surface area contributed by atoms with Crippen LogP contribution in [0.1, 0.15) is 6.42 Å². The first-order chi connectivity index (χ1) is 8.08. The van der Waals surface area contributed by atoms with Crippen LogP contribution in [-0.2, 0) is 0 Å². The molecular formula is C10H10F2N2O2S. The van der Waals surface area contributed by atoms with Crippen LogP contribution in [0.2, 0.25) is 0 Å². The maximum Gasteiger partial charge on any atom is 0.275 e. The average Bonchev–Trinajstić information content (AvgIpc) is 2.75. The van der Waals surface area contributed by atoms with Crippen LogP contribution in [0.25, 0.3) is 0 Å². The number of rotatable bonds is 3. The van der Waals surface area contributed by atoms with E-state index in [0.717, 1.165) is 30.1 Å². The number of anilines is 1. The van der Waals surface area contributed by atoms with Crippen LogP contribution < -0.4 is 5.32 Å². The van der Waals surface area contributed by atoms with E-state index in [1.807, 2.05) is 0 Å². The third-order valence-electron chi connectivity index (χ3n) is 2.52. The Morgan fingerprint density at radius 2 is 2.06 bits per heavy atom. The first kappa shape index (κ1) is 12.1. The Kier molecular flexibility index (Phi) is 3.46. The van der Waals surface area contributed by atoms with Crippen molar-refractivity contribution in [2.75, 3.05) is 16.8 Å². The highest BCUT2D eigenvalue weighted by atomic mass is 32.2. The van der Waals surface area contributed by atoms with Crippen molar-refractivity contribution in [2.24, 2.45) is 0 Å². The zero-order valence-corrected chi connectivity index (χ0v) is 9.60. The summed E-state index contributed by atoms with van der Waals surface area (Å²) in [6.45, 7) is 0. The molecule has 1 saturated heterocycles. The first-order valence-corrected chi connectivity index (χ1v) is 6.21. The summed E-state index contributed by atoms with van der Waals surface area (Å²) < 4.78 is 27.0. The van der Waals surface area contributed by atoms with Crippen LogP contribution in [-0.4, -0.2) is 22.5 Å². The van der Waals surface area contributed by atoms with E-state index >= 15 is 0 Å². The molecule has 17 heavy (non-hydrogen) atoms. The van der Waals surface area contributed by atoms with Crippen LogP contribution in [0.15, 0.2) is 12.1 Å². The molecule has 1 unspecified atom stereocenters. The molecule has 1 atom stereocenters. The van der Waals surface area contributed by atoms with Crippen molar-refractivity contribution < 1.29 is 13.7 Å². The Labute approximate surface area is 101 Å². The molecule has 0 saturated carbocycles. The first-order valence-electron chi connectivity index (χ1n) is 5.05. The Morgan fingerprint density at radius 3 is 2.53 bits per heavy atom. The van der Waals surface area contributed by atoms with Gasteiger partial charge in [0, 0.05) is 11.8 Å². The molecule has 0 spiro atoms. The van der Waals surface area contributed by atoms with E-state index < -0.39 is 22.2 Å². The molecule has 1 aliphatic heterocycles. The number of nitro groups is 1. The second-order valence-electron chi connectivity index (χ2n) is 3.75. The molecule has 92 valence electrons. The molecule has 0 aromatic heterocycles. The fourth-order valence-electron chi connectivity index (χ4n) is 1.66. The van der Waals surface area contributed by atoms with E-state index in [-0.39, 0.29) is 11.7 Å². The van der Waals surface area contributed by atoms with E-state index in [0.29, 0.717) is 0 Å². The van der Waals surface area contributed by atoms with E-state index in [2.05, 4.69) is 5.32 Å². The van der Waals surface area contributed by atoms with E-state index in [9.17, 15) is 18.9 Å². The molecule has 2 rings (SSSR count).